The van der Waals surface area contributed by atoms with Crippen LogP contribution in [0.15, 0.2) is 28.7 Å². The van der Waals surface area contributed by atoms with Crippen molar-refractivity contribution in [1.82, 2.24) is 5.32 Å². The van der Waals surface area contributed by atoms with E-state index in [0.29, 0.717) is 11.8 Å². The van der Waals surface area contributed by atoms with Crippen LogP contribution in [0.25, 0.3) is 11.0 Å². The first kappa shape index (κ1) is 19.2. The lowest BCUT2D eigenvalue weighted by atomic mass is 9.89. The number of ketones is 1. The van der Waals surface area contributed by atoms with Crippen LogP contribution in [-0.4, -0.2) is 25.0 Å². The molecule has 4 nitrogen and oxygen atoms in total. The number of fused-ring (bicyclic) bond motifs is 1. The first-order chi connectivity index (χ1) is 11.2. The molecule has 0 saturated heterocycles. The molecule has 23 heavy (non-hydrogen) atoms. The summed E-state index contributed by atoms with van der Waals surface area (Å²) in [6, 6.07) is 8.01. The second-order valence-corrected chi connectivity index (χ2v) is 5.06. The summed E-state index contributed by atoms with van der Waals surface area (Å²) in [5, 5.41) is 4.14. The molecule has 1 aromatic heterocycles. The van der Waals surface area contributed by atoms with Gasteiger partial charge in [-0.05, 0) is 44.2 Å². The van der Waals surface area contributed by atoms with Crippen LogP contribution in [0, 0.1) is 0 Å². The van der Waals surface area contributed by atoms with Crippen molar-refractivity contribution >= 4 is 16.8 Å². The molecular formula is C19H29NO3. The maximum atomic E-state index is 11.3. The third-order valence-electron chi connectivity index (χ3n) is 3.64. The molecule has 0 unspecified atom stereocenters. The van der Waals surface area contributed by atoms with Crippen molar-refractivity contribution in [2.45, 2.75) is 59.6 Å². The Morgan fingerprint density at radius 3 is 2.39 bits per heavy atom. The van der Waals surface area contributed by atoms with Crippen molar-refractivity contribution in [2.24, 2.45) is 0 Å². The quantitative estimate of drug-likeness (QED) is 0.821. The number of benzene rings is 1. The van der Waals surface area contributed by atoms with E-state index in [0.717, 1.165) is 29.6 Å². The predicted octanol–water partition coefficient (Wildman–Crippen LogP) is 4.82. The third-order valence-corrected chi connectivity index (χ3v) is 3.64. The molecule has 0 spiro atoms. The van der Waals surface area contributed by atoms with E-state index in [1.807, 2.05) is 52.9 Å². The maximum Gasteiger partial charge on any atom is 0.194 e. The Kier molecular flexibility index (Phi) is 7.83. The van der Waals surface area contributed by atoms with Crippen LogP contribution in [0.2, 0.25) is 0 Å². The van der Waals surface area contributed by atoms with Crippen LogP contribution < -0.4 is 10.1 Å². The van der Waals surface area contributed by atoms with Crippen molar-refractivity contribution in [3.8, 4) is 5.75 Å². The molecule has 0 amide bonds. The van der Waals surface area contributed by atoms with Crippen LogP contribution in [-0.2, 0) is 0 Å². The number of furan rings is 1. The number of hydrogen-bond acceptors (Lipinski definition) is 4. The average Bonchev–Trinajstić information content (AvgIpc) is 2.98. The fourth-order valence-electron chi connectivity index (χ4n) is 2.36. The summed E-state index contributed by atoms with van der Waals surface area (Å²) >= 11 is 0. The van der Waals surface area contributed by atoms with Crippen molar-refractivity contribution in [2.75, 3.05) is 7.05 Å². The van der Waals surface area contributed by atoms with Gasteiger partial charge in [0.05, 0.1) is 0 Å². The molecule has 0 radical (unpaired) electrons. The second-order valence-electron chi connectivity index (χ2n) is 5.06. The van der Waals surface area contributed by atoms with Crippen LogP contribution in [0.5, 0.6) is 5.75 Å². The second kappa shape index (κ2) is 9.36. The number of nitrogens with one attached hydrogen (secondary N) is 1. The molecule has 0 aliphatic heterocycles. The number of hydrogen-bond donors (Lipinski definition) is 1. The summed E-state index contributed by atoms with van der Waals surface area (Å²) < 4.78 is 11.3. The van der Waals surface area contributed by atoms with Crippen LogP contribution in [0.4, 0.5) is 0 Å². The Hall–Kier alpha value is -1.81. The highest BCUT2D eigenvalue weighted by molar-refractivity contribution is 5.96. The van der Waals surface area contributed by atoms with E-state index in [9.17, 15) is 4.79 Å². The standard InChI is InChI=1S/C15H17NO3.2C2H6/c1-9(17)15-6-10-5-12(3-4-14(10)19-15)18-13-7-11(8-13)16-2;2*1-2/h3-6,11,13,16H,7-8H2,1-2H3;2*1-2H3. The number of carbonyl (C=O) groups is 1. The van der Waals surface area contributed by atoms with Gasteiger partial charge in [0.2, 0.25) is 0 Å². The third kappa shape index (κ3) is 4.83. The van der Waals surface area contributed by atoms with Crippen molar-refractivity contribution in [3.63, 3.8) is 0 Å². The van der Waals surface area contributed by atoms with Crippen LogP contribution in [0.3, 0.4) is 0 Å². The monoisotopic (exact) mass is 319 g/mol. The number of rotatable bonds is 4. The zero-order valence-electron chi connectivity index (χ0n) is 15.1. The van der Waals surface area contributed by atoms with Gasteiger partial charge in [-0.15, -0.1) is 0 Å². The molecule has 1 aromatic carbocycles. The summed E-state index contributed by atoms with van der Waals surface area (Å²) in [4.78, 5) is 11.3. The molecule has 1 heterocycles. The van der Waals surface area contributed by atoms with E-state index < -0.39 is 0 Å². The molecule has 0 bridgehead atoms. The zero-order chi connectivity index (χ0) is 17.4. The minimum absolute atomic E-state index is 0.0606. The molecule has 0 atom stereocenters. The van der Waals surface area contributed by atoms with E-state index in [1.54, 1.807) is 6.07 Å². The van der Waals surface area contributed by atoms with Gasteiger partial charge in [-0.3, -0.25) is 4.79 Å². The molecule has 3 rings (SSSR count). The van der Waals surface area contributed by atoms with Gasteiger partial charge in [0.25, 0.3) is 0 Å². The summed E-state index contributed by atoms with van der Waals surface area (Å²) in [5.74, 6) is 1.17. The summed E-state index contributed by atoms with van der Waals surface area (Å²) in [6.07, 6.45) is 2.37. The fourth-order valence-corrected chi connectivity index (χ4v) is 2.36. The van der Waals surface area contributed by atoms with Gasteiger partial charge >= 0.3 is 0 Å². The fraction of sp³-hybridized carbons (Fsp3) is 0.526. The van der Waals surface area contributed by atoms with E-state index in [1.165, 1.54) is 6.92 Å². The van der Waals surface area contributed by atoms with Gasteiger partial charge in [0, 0.05) is 18.4 Å². The first-order valence-corrected chi connectivity index (χ1v) is 8.54. The Balaban J connectivity index is 0.000000615. The number of carbonyl (C=O) groups excluding carboxylic acids is 1. The van der Waals surface area contributed by atoms with Gasteiger partial charge in [-0.25, -0.2) is 0 Å². The number of Topliss-reactive ketones (excluding diaryl/α,β-unsaturated/α-hetero) is 1. The highest BCUT2D eigenvalue weighted by Gasteiger charge is 2.29. The van der Waals surface area contributed by atoms with Gasteiger partial charge in [-0.1, -0.05) is 27.7 Å². The largest absolute Gasteiger partial charge is 0.490 e. The van der Waals surface area contributed by atoms with Gasteiger partial charge in [0.1, 0.15) is 17.4 Å². The minimum Gasteiger partial charge on any atom is -0.490 e. The molecule has 1 saturated carbocycles. The van der Waals surface area contributed by atoms with Crippen LogP contribution >= 0.6 is 0 Å². The normalized spacial score (nSPS) is 18.9. The minimum atomic E-state index is -0.0606. The van der Waals surface area contributed by atoms with Gasteiger partial charge in [0.15, 0.2) is 11.5 Å². The average molecular weight is 319 g/mol. The lowest BCUT2D eigenvalue weighted by Gasteiger charge is -2.35. The summed E-state index contributed by atoms with van der Waals surface area (Å²) in [7, 11) is 1.97. The molecule has 1 fully saturated rings. The van der Waals surface area contributed by atoms with Crippen LogP contribution in [0.1, 0.15) is 58.0 Å². The highest BCUT2D eigenvalue weighted by Crippen LogP contribution is 2.29. The van der Waals surface area contributed by atoms with E-state index >= 15 is 0 Å². The molecule has 2 aromatic rings. The van der Waals surface area contributed by atoms with Gasteiger partial charge < -0.3 is 14.5 Å². The van der Waals surface area contributed by atoms with E-state index in [-0.39, 0.29) is 11.9 Å². The molecule has 4 heteroatoms. The Morgan fingerprint density at radius 1 is 1.17 bits per heavy atom. The molecule has 1 aliphatic rings. The lowest BCUT2D eigenvalue weighted by Crippen LogP contribution is -2.45. The smallest absolute Gasteiger partial charge is 0.194 e. The number of ether oxygens (including phenoxy) is 1. The molecule has 1 N–H and O–H groups in total. The summed E-state index contributed by atoms with van der Waals surface area (Å²) in [5.41, 5.74) is 0.722. The molecular weight excluding hydrogens is 290 g/mol. The maximum absolute atomic E-state index is 11.3. The summed E-state index contributed by atoms with van der Waals surface area (Å²) in [6.45, 7) is 9.50. The van der Waals surface area contributed by atoms with Crippen molar-refractivity contribution in [3.05, 3.63) is 30.0 Å². The zero-order valence-corrected chi connectivity index (χ0v) is 15.1. The van der Waals surface area contributed by atoms with E-state index in [4.69, 9.17) is 9.15 Å². The molecule has 128 valence electrons. The Labute approximate surface area is 139 Å². The van der Waals surface area contributed by atoms with Gasteiger partial charge in [-0.2, -0.15) is 0 Å². The lowest BCUT2D eigenvalue weighted by molar-refractivity contribution is 0.0886. The molecule has 1 aliphatic carbocycles. The Bertz CT molecular complexity index is 612. The first-order valence-electron chi connectivity index (χ1n) is 8.54. The van der Waals surface area contributed by atoms with E-state index in [2.05, 4.69) is 5.32 Å². The predicted molar refractivity (Wildman–Crippen MR) is 95.4 cm³/mol. The van der Waals surface area contributed by atoms with Crippen molar-refractivity contribution in [1.29, 1.82) is 0 Å². The van der Waals surface area contributed by atoms with Crippen molar-refractivity contribution < 1.29 is 13.9 Å². The Morgan fingerprint density at radius 2 is 1.83 bits per heavy atom. The highest BCUT2D eigenvalue weighted by atomic mass is 16.5. The SMILES string of the molecule is CC.CC.CNC1CC(Oc2ccc3oc(C(C)=O)cc3c2)C1. The topological polar surface area (TPSA) is 51.5 Å².